The van der Waals surface area contributed by atoms with Crippen molar-refractivity contribution >= 4 is 10.5 Å². The van der Waals surface area contributed by atoms with E-state index in [1.54, 1.807) is 0 Å². The molecule has 16 heavy (non-hydrogen) atoms. The molecule has 2 rings (SSSR count). The van der Waals surface area contributed by atoms with Crippen LogP contribution in [0.25, 0.3) is 0 Å². The first-order valence-electron chi connectivity index (χ1n) is 6.13. The second-order valence-electron chi connectivity index (χ2n) is 4.37. The Morgan fingerprint density at radius 1 is 1.06 bits per heavy atom. The van der Waals surface area contributed by atoms with Crippen LogP contribution in [-0.4, -0.2) is 16.6 Å². The lowest BCUT2D eigenvalue weighted by atomic mass is 9.98. The minimum Gasteiger partial charge on any atom is -0.400 e. The summed E-state index contributed by atoms with van der Waals surface area (Å²) < 4.78 is 11.6. The molecule has 0 heterocycles. The lowest BCUT2D eigenvalue weighted by Crippen LogP contribution is -2.21. The molecule has 1 aliphatic carbocycles. The van der Waals surface area contributed by atoms with Crippen molar-refractivity contribution in [3.05, 3.63) is 35.9 Å². The third-order valence-corrected chi connectivity index (χ3v) is 3.58. The van der Waals surface area contributed by atoms with Gasteiger partial charge in [-0.25, -0.2) is 0 Å². The first kappa shape index (κ1) is 11.8. The van der Waals surface area contributed by atoms with Crippen LogP contribution in [0.3, 0.4) is 0 Å². The second kappa shape index (κ2) is 6.18. The molecule has 2 nitrogen and oxygen atoms in total. The Balaban J connectivity index is 1.94. The van der Waals surface area contributed by atoms with E-state index in [4.69, 9.17) is 9.16 Å². The number of ether oxygens (including phenoxy) is 1. The van der Waals surface area contributed by atoms with E-state index in [9.17, 15) is 0 Å². The molecule has 0 amide bonds. The molecule has 0 N–H and O–H groups in total. The third kappa shape index (κ3) is 3.17. The van der Waals surface area contributed by atoms with E-state index in [1.807, 2.05) is 18.2 Å². The van der Waals surface area contributed by atoms with E-state index in [2.05, 4.69) is 12.1 Å². The quantitative estimate of drug-likeness (QED) is 0.590. The third-order valence-electron chi connectivity index (χ3n) is 3.15. The lowest BCUT2D eigenvalue weighted by Gasteiger charge is -2.27. The zero-order valence-corrected chi connectivity index (χ0v) is 11.9. The molecule has 0 aromatic heterocycles. The van der Waals surface area contributed by atoms with Gasteiger partial charge in [0.1, 0.15) is 10.5 Å². The Labute approximate surface area is 101 Å². The van der Waals surface area contributed by atoms with Crippen molar-refractivity contribution in [2.75, 3.05) is 0 Å². The molecule has 1 unspecified atom stereocenters. The normalized spacial score (nSPS) is 19.8. The first-order chi connectivity index (χ1) is 7.90. The molecule has 0 bridgehead atoms. The van der Waals surface area contributed by atoms with Gasteiger partial charge in [0.05, 0.1) is 6.10 Å². The van der Waals surface area contributed by atoms with Gasteiger partial charge in [0, 0.05) is 5.56 Å². The summed E-state index contributed by atoms with van der Waals surface area (Å²) in [4.78, 5) is 0. The number of benzene rings is 1. The van der Waals surface area contributed by atoms with Crippen molar-refractivity contribution in [1.29, 1.82) is 0 Å². The highest BCUT2D eigenvalue weighted by atomic mass is 28.2. The summed E-state index contributed by atoms with van der Waals surface area (Å²) >= 11 is 0. The largest absolute Gasteiger partial charge is 0.400 e. The molecule has 0 spiro atoms. The van der Waals surface area contributed by atoms with Crippen LogP contribution in [0, 0.1) is 0 Å². The van der Waals surface area contributed by atoms with Crippen LogP contribution in [0.5, 0.6) is 0 Å². The van der Waals surface area contributed by atoms with E-state index in [-0.39, 0.29) is 6.29 Å². The maximum atomic E-state index is 6.04. The number of hydrogen-bond donors (Lipinski definition) is 0. The molecule has 3 heteroatoms. The average Bonchev–Trinajstić information content (AvgIpc) is 2.38. The topological polar surface area (TPSA) is 18.5 Å². The zero-order chi connectivity index (χ0) is 11.2. The summed E-state index contributed by atoms with van der Waals surface area (Å²) in [5.74, 6) is 0. The number of rotatable bonds is 4. The fourth-order valence-corrected chi connectivity index (χ4v) is 2.64. The van der Waals surface area contributed by atoms with E-state index >= 15 is 0 Å². The summed E-state index contributed by atoms with van der Waals surface area (Å²) in [6, 6.07) is 10.2. The van der Waals surface area contributed by atoms with E-state index in [1.165, 1.54) is 32.1 Å². The van der Waals surface area contributed by atoms with Crippen LogP contribution in [0.15, 0.2) is 30.3 Å². The number of hydrogen-bond acceptors (Lipinski definition) is 2. The van der Waals surface area contributed by atoms with Crippen LogP contribution in [0.4, 0.5) is 0 Å². The van der Waals surface area contributed by atoms with Gasteiger partial charge < -0.3 is 9.16 Å². The second-order valence-corrected chi connectivity index (χ2v) is 4.85. The Kier molecular flexibility index (Phi) is 4.57. The van der Waals surface area contributed by atoms with Gasteiger partial charge in [-0.2, -0.15) is 0 Å². The summed E-state index contributed by atoms with van der Waals surface area (Å²) in [7, 11) is 0.712. The fourth-order valence-electron chi connectivity index (χ4n) is 2.26. The summed E-state index contributed by atoms with van der Waals surface area (Å²) in [6.45, 7) is 0. The van der Waals surface area contributed by atoms with Gasteiger partial charge in [0.25, 0.3) is 0 Å². The van der Waals surface area contributed by atoms with Crippen LogP contribution >= 0.6 is 0 Å². The predicted octanol–water partition coefficient (Wildman–Crippen LogP) is 2.33. The molecule has 0 aliphatic heterocycles. The molecular weight excluding hydrogens is 216 g/mol. The van der Waals surface area contributed by atoms with E-state index < -0.39 is 0 Å². The molecule has 1 aliphatic rings. The highest BCUT2D eigenvalue weighted by molar-refractivity contribution is 5.98. The molecule has 1 atom stereocenters. The van der Waals surface area contributed by atoms with Crippen molar-refractivity contribution < 1.29 is 9.16 Å². The average molecular weight is 236 g/mol. The van der Waals surface area contributed by atoms with Gasteiger partial charge in [-0.1, -0.05) is 49.6 Å². The van der Waals surface area contributed by atoms with Gasteiger partial charge in [-0.05, 0) is 12.8 Å². The van der Waals surface area contributed by atoms with Gasteiger partial charge in [-0.3, -0.25) is 0 Å². The van der Waals surface area contributed by atoms with Crippen LogP contribution in [0.1, 0.15) is 44.0 Å². The molecule has 0 radical (unpaired) electrons. The molecule has 1 aromatic rings. The Hall–Kier alpha value is -0.643. The summed E-state index contributed by atoms with van der Waals surface area (Å²) in [5.41, 5.74) is 1.14. The predicted molar refractivity (Wildman–Crippen MR) is 68.2 cm³/mol. The van der Waals surface area contributed by atoms with Crippen molar-refractivity contribution in [3.8, 4) is 0 Å². The summed E-state index contributed by atoms with van der Waals surface area (Å²) in [6.07, 6.45) is 6.59. The molecule has 1 fully saturated rings. The lowest BCUT2D eigenvalue weighted by molar-refractivity contribution is -0.129. The van der Waals surface area contributed by atoms with Gasteiger partial charge >= 0.3 is 0 Å². The maximum absolute atomic E-state index is 6.04. The SMILES string of the molecule is [SiH3]OC(OC1CCCCC1)c1ccccc1. The van der Waals surface area contributed by atoms with Gasteiger partial charge in [0.2, 0.25) is 0 Å². The van der Waals surface area contributed by atoms with Crippen LogP contribution in [0.2, 0.25) is 0 Å². The molecule has 1 aromatic carbocycles. The van der Waals surface area contributed by atoms with Gasteiger partial charge in [0.15, 0.2) is 6.29 Å². The Bertz CT molecular complexity index is 296. The molecular formula is C13H20O2Si. The Morgan fingerprint density at radius 3 is 2.38 bits per heavy atom. The summed E-state index contributed by atoms with van der Waals surface area (Å²) in [5, 5.41) is 0. The highest BCUT2D eigenvalue weighted by Gasteiger charge is 2.19. The van der Waals surface area contributed by atoms with Crippen LogP contribution in [-0.2, 0) is 9.16 Å². The minimum atomic E-state index is -0.143. The minimum absolute atomic E-state index is 0.143. The molecule has 1 saturated carbocycles. The highest BCUT2D eigenvalue weighted by Crippen LogP contribution is 2.27. The van der Waals surface area contributed by atoms with E-state index in [0.717, 1.165) is 5.56 Å². The molecule has 0 saturated heterocycles. The van der Waals surface area contributed by atoms with Crippen molar-refractivity contribution in [2.24, 2.45) is 0 Å². The fraction of sp³-hybridized carbons (Fsp3) is 0.538. The van der Waals surface area contributed by atoms with Crippen molar-refractivity contribution in [2.45, 2.75) is 44.5 Å². The maximum Gasteiger partial charge on any atom is 0.174 e. The van der Waals surface area contributed by atoms with Crippen LogP contribution < -0.4 is 0 Å². The van der Waals surface area contributed by atoms with E-state index in [0.29, 0.717) is 16.6 Å². The van der Waals surface area contributed by atoms with Crippen molar-refractivity contribution in [1.82, 2.24) is 0 Å². The smallest absolute Gasteiger partial charge is 0.174 e. The van der Waals surface area contributed by atoms with Gasteiger partial charge in [-0.15, -0.1) is 0 Å². The van der Waals surface area contributed by atoms with Crippen molar-refractivity contribution in [3.63, 3.8) is 0 Å². The monoisotopic (exact) mass is 236 g/mol. The zero-order valence-electron chi connectivity index (χ0n) is 9.89. The Morgan fingerprint density at radius 2 is 1.75 bits per heavy atom. The molecule has 88 valence electrons. The first-order valence-corrected chi connectivity index (χ1v) is 6.95. The standard InChI is InChI=1S/C13H20O2Si/c16-15-13(11-7-3-1-4-8-11)14-12-9-5-2-6-10-12/h1,3-4,7-8,12-13H,2,5-6,9-10H2,16H3.